The fourth-order valence-corrected chi connectivity index (χ4v) is 11.5. The maximum atomic E-state index is 12.8. The smallest absolute Gasteiger partial charge is 0.481 e. The highest BCUT2D eigenvalue weighted by molar-refractivity contribution is 8.13. The zero-order valence-electron chi connectivity index (χ0n) is 42.9. The van der Waals surface area contributed by atoms with E-state index in [0.29, 0.717) is 25.0 Å². The molecule has 0 bridgehead atoms. The minimum Gasteiger partial charge on any atom is -0.481 e. The van der Waals surface area contributed by atoms with Crippen LogP contribution in [0, 0.1) is 5.41 Å². The topological polar surface area (TPSA) is 484 Å². The second-order valence-electron chi connectivity index (χ2n) is 18.0. The molecule has 79 heavy (non-hydrogen) atoms. The van der Waals surface area contributed by atoms with Gasteiger partial charge in [0.2, 0.25) is 11.8 Å². The molecule has 0 spiro atoms. The van der Waals surface area contributed by atoms with E-state index in [1.165, 1.54) is 25.6 Å². The van der Waals surface area contributed by atoms with Gasteiger partial charge in [-0.2, -0.15) is 4.31 Å². The normalized spacial score (nSPS) is 20.4. The molecule has 1 saturated heterocycles. The van der Waals surface area contributed by atoms with E-state index in [0.717, 1.165) is 41.8 Å². The number of phosphoric ester groups is 3. The molecule has 15 N–H and O–H groups in total. The fraction of sp³-hybridized carbons (Fsp3) is 0.591. The number of hydrogen-bond donors (Lipinski definition) is 13. The molecule has 0 saturated carbocycles. The van der Waals surface area contributed by atoms with Crippen molar-refractivity contribution in [3.8, 4) is 0 Å². The summed E-state index contributed by atoms with van der Waals surface area (Å²) in [4.78, 5) is 110. The molecule has 35 heteroatoms. The fourth-order valence-electron chi connectivity index (χ4n) is 6.86. The molecule has 10 atom stereocenters. The van der Waals surface area contributed by atoms with Gasteiger partial charge in [0.25, 0.3) is 0 Å². The zero-order valence-corrected chi connectivity index (χ0v) is 47.2. The molecular formula is C44H69N8O22P3S2. The highest BCUT2D eigenvalue weighted by atomic mass is 32.2. The van der Waals surface area contributed by atoms with Gasteiger partial charge < -0.3 is 71.9 Å². The van der Waals surface area contributed by atoms with Crippen LogP contribution in [-0.2, 0) is 60.3 Å². The molecule has 1 fully saturated rings. The summed E-state index contributed by atoms with van der Waals surface area (Å²) in [7, 11) is -16.5. The van der Waals surface area contributed by atoms with Gasteiger partial charge in [0.05, 0.1) is 25.6 Å². The number of fused-ring (bicyclic) bond motifs is 1. The Morgan fingerprint density at radius 1 is 0.899 bits per heavy atom. The molecule has 0 radical (unpaired) electrons. The van der Waals surface area contributed by atoms with Crippen LogP contribution in [0.2, 0.25) is 0 Å². The van der Waals surface area contributed by atoms with E-state index in [9.17, 15) is 72.6 Å². The number of ether oxygens (including phenoxy) is 1. The van der Waals surface area contributed by atoms with E-state index in [-0.39, 0.29) is 66.6 Å². The molecule has 3 unspecified atom stereocenters. The minimum atomic E-state index is -5.61. The van der Waals surface area contributed by atoms with Crippen molar-refractivity contribution >= 4 is 92.8 Å². The summed E-state index contributed by atoms with van der Waals surface area (Å²) >= 11 is 2.25. The van der Waals surface area contributed by atoms with Crippen LogP contribution in [0.5, 0.6) is 0 Å². The predicted octanol–water partition coefficient (Wildman–Crippen LogP) is 1.97. The molecular weight excluding hydrogens is 1150 g/mol. The van der Waals surface area contributed by atoms with Crippen molar-refractivity contribution in [1.29, 1.82) is 0 Å². The number of anilines is 1. The predicted molar refractivity (Wildman–Crippen MR) is 286 cm³/mol. The van der Waals surface area contributed by atoms with Gasteiger partial charge in [-0.1, -0.05) is 74.2 Å². The first-order chi connectivity index (χ1) is 37.0. The number of nitrogens with zero attached hydrogens (tertiary/aromatic N) is 4. The Bertz CT molecular complexity index is 2600. The molecule has 0 aliphatic carbocycles. The number of nitrogens with two attached hydrogens (primary N) is 2. The summed E-state index contributed by atoms with van der Waals surface area (Å²) in [5.41, 5.74) is 9.80. The first-order valence-electron chi connectivity index (χ1n) is 24.2. The number of aromatic nitrogens is 4. The number of carboxylic acid groups (broad SMARTS) is 2. The average Bonchev–Trinajstić information content (AvgIpc) is 4.13. The summed E-state index contributed by atoms with van der Waals surface area (Å²) in [6, 6.07) is -1.10. The van der Waals surface area contributed by atoms with Crippen LogP contribution in [0.1, 0.15) is 77.9 Å². The second-order valence-corrected chi connectivity index (χ2v) is 24.6. The molecule has 30 nitrogen and oxygen atoms in total. The van der Waals surface area contributed by atoms with Gasteiger partial charge in [-0.15, -0.1) is 11.8 Å². The Labute approximate surface area is 462 Å². The number of phosphoric acid groups is 3. The third-order valence-corrected chi connectivity index (χ3v) is 16.5. The number of carbonyl (C=O) groups excluding carboxylic acids is 3. The van der Waals surface area contributed by atoms with Gasteiger partial charge in [-0.05, 0) is 38.5 Å². The van der Waals surface area contributed by atoms with Crippen molar-refractivity contribution in [2.75, 3.05) is 43.5 Å². The molecule has 0 aromatic carbocycles. The monoisotopic (exact) mass is 1220 g/mol. The third-order valence-electron chi connectivity index (χ3n) is 11.0. The number of aliphatic carboxylic acids is 2. The van der Waals surface area contributed by atoms with E-state index in [4.69, 9.17) is 35.5 Å². The number of rotatable bonds is 38. The van der Waals surface area contributed by atoms with E-state index in [2.05, 4.69) is 34.4 Å². The Balaban J connectivity index is 1.29. The summed E-state index contributed by atoms with van der Waals surface area (Å²) in [5, 5.41) is 54.5. The van der Waals surface area contributed by atoms with Crippen molar-refractivity contribution in [3.63, 3.8) is 0 Å². The molecule has 3 heterocycles. The van der Waals surface area contributed by atoms with Crippen LogP contribution in [0.25, 0.3) is 11.2 Å². The summed E-state index contributed by atoms with van der Waals surface area (Å²) in [6.45, 7) is 0.340. The lowest BCUT2D eigenvalue weighted by molar-refractivity contribution is -0.138. The quantitative estimate of drug-likeness (QED) is 0.0198. The van der Waals surface area contributed by atoms with E-state index in [1.807, 2.05) is 24.3 Å². The highest BCUT2D eigenvalue weighted by Gasteiger charge is 2.50. The second kappa shape index (κ2) is 33.6. The van der Waals surface area contributed by atoms with Gasteiger partial charge in [0, 0.05) is 54.5 Å². The zero-order chi connectivity index (χ0) is 59.0. The number of carbonyl (C=O) groups is 5. The number of nitrogens with one attached hydrogen (secondary N) is 2. The minimum absolute atomic E-state index is 0.0169. The maximum Gasteiger partial charge on any atom is 0.481 e. The number of amides is 2. The first-order valence-corrected chi connectivity index (χ1v) is 30.8. The number of carboxylic acids is 2. The van der Waals surface area contributed by atoms with Gasteiger partial charge in [0.1, 0.15) is 42.3 Å². The van der Waals surface area contributed by atoms with Crippen molar-refractivity contribution in [2.45, 2.75) is 120 Å². The SMILES string of the molecule is CC(C)(COP(=O)(O)OP(=O)(O)OC[C@H]1O[C@@H](n2cnc3c(N)ncnc32)[C@@H](O)[C@H]1OP(=O)(O)O)C(O)C(=O)NCCC(=O)NCCSC(=O)CCCC/C=C/C/C=C/C=C/C=C[C@@H](SC[C@@H](N)C(=O)O)[C@@H](O)CCCC(=O)O. The van der Waals surface area contributed by atoms with Crippen molar-refractivity contribution in [1.82, 2.24) is 30.2 Å². The van der Waals surface area contributed by atoms with Crippen LogP contribution in [0.4, 0.5) is 5.82 Å². The Kier molecular flexibility index (Phi) is 29.4. The molecule has 2 aromatic heterocycles. The summed E-state index contributed by atoms with van der Waals surface area (Å²) < 4.78 is 62.5. The first kappa shape index (κ1) is 69.0. The lowest BCUT2D eigenvalue weighted by Gasteiger charge is -2.30. The van der Waals surface area contributed by atoms with Gasteiger partial charge in [-0.25, -0.2) is 28.6 Å². The maximum absolute atomic E-state index is 12.8. The number of imidazole rings is 1. The Hall–Kier alpha value is -4.27. The Morgan fingerprint density at radius 3 is 2.30 bits per heavy atom. The molecule has 3 rings (SSSR count). The molecule has 1 aliphatic rings. The van der Waals surface area contributed by atoms with Crippen LogP contribution in [-0.4, -0.2) is 173 Å². The molecule has 2 aromatic rings. The summed E-state index contributed by atoms with van der Waals surface area (Å²) in [5.74, 6) is -3.27. The lowest BCUT2D eigenvalue weighted by atomic mass is 9.87. The number of thioether (sulfide) groups is 2. The number of nitrogen functional groups attached to an aromatic ring is 1. The molecule has 444 valence electrons. The Morgan fingerprint density at radius 2 is 1.61 bits per heavy atom. The summed E-state index contributed by atoms with van der Waals surface area (Å²) in [6.07, 6.45) is 10.4. The van der Waals surface area contributed by atoms with E-state index >= 15 is 0 Å². The average molecular weight is 1220 g/mol. The largest absolute Gasteiger partial charge is 0.481 e. The highest BCUT2D eigenvalue weighted by Crippen LogP contribution is 2.61. The van der Waals surface area contributed by atoms with E-state index in [1.54, 1.807) is 24.3 Å². The number of allylic oxidation sites excluding steroid dienone is 7. The van der Waals surface area contributed by atoms with Crippen LogP contribution in [0.3, 0.4) is 0 Å². The van der Waals surface area contributed by atoms with Crippen molar-refractivity contribution in [2.24, 2.45) is 11.1 Å². The van der Waals surface area contributed by atoms with Crippen LogP contribution < -0.4 is 22.1 Å². The number of aliphatic hydroxyl groups is 3. The van der Waals surface area contributed by atoms with Gasteiger partial charge in [-0.3, -0.25) is 42.1 Å². The number of unbranched alkanes of at least 4 members (excludes halogenated alkanes) is 2. The van der Waals surface area contributed by atoms with Crippen LogP contribution in [0.15, 0.2) is 61.3 Å². The lowest BCUT2D eigenvalue weighted by Crippen LogP contribution is -2.46. The van der Waals surface area contributed by atoms with Crippen LogP contribution >= 0.6 is 47.0 Å². The van der Waals surface area contributed by atoms with Gasteiger partial charge >= 0.3 is 35.4 Å². The van der Waals surface area contributed by atoms with Crippen molar-refractivity contribution < 1.29 is 105 Å². The van der Waals surface area contributed by atoms with E-state index < -0.39 is 114 Å². The van der Waals surface area contributed by atoms with Crippen molar-refractivity contribution in [3.05, 3.63) is 61.3 Å². The molecule has 1 aliphatic heterocycles. The standard InChI is InChI=1S/C44H69N8O22P3S2/c1-44(2,25-71-77(68,69)74-76(66,67)70-23-30-37(73-75(63,64)65)36(58)42(72-30)52-27-51-35-39(46)49-26-50-40(35)52)38(59)41(60)48-20-19-32(54)47-21-22-78-34(57)18-13-11-9-7-5-3-4-6-8-10-12-16-31(79-24-28(45)43(61)62)29(53)15-14-17-33(55)56/h4-8,10,12,16,26-31,36-38,42,53,58-59H,3,9,11,13-15,17-25,45H2,1-2H3,(H,47,54)(H,48,60)(H,55,56)(H,61,62)(H,66,67)(H,68,69)(H2,46,49,50)(H2,63,64,65)/b6-4+,7-5+,10-8+,16-12?/t28-,29+,30-,31-,36+,37+,38?,42-/m1/s1. The third kappa shape index (κ3) is 26.0. The van der Waals surface area contributed by atoms with Gasteiger partial charge in [0.15, 0.2) is 22.8 Å². The number of hydrogen-bond acceptors (Lipinski definition) is 23. The molecule has 2 amide bonds. The number of aliphatic hydroxyl groups excluding tert-OH is 3.